The van der Waals surface area contributed by atoms with Gasteiger partial charge >= 0.3 is 0 Å². The standard InChI is InChI=1S/C44H48N6O4/c51-35-8-12-38-31(23-35)6-10-37(30-4-2-1-3-5-30)42(38)33-25-45-44(46-26-33)49-16-14-29(15-17-49)27-47-18-20-48(21-19-47)34-7-11-39-32(22-34)28-50(43(39)54)40-13-9-36(52)24-41(40)53/h1-5,7-8,11-12,22-23,25-26,29,37,40,42,51H,6,9-10,13-21,24,27-28H2/t37-,40?,42+/m0/s1. The molecular formula is C44H48N6O4. The van der Waals surface area contributed by atoms with Gasteiger partial charge in [0.15, 0.2) is 5.78 Å². The maximum atomic E-state index is 13.2. The van der Waals surface area contributed by atoms with Gasteiger partial charge in [-0.2, -0.15) is 0 Å². The zero-order chi connectivity index (χ0) is 36.8. The fraction of sp³-hybridized carbons (Fsp3) is 0.432. The first-order valence-corrected chi connectivity index (χ1v) is 19.8. The number of fused-ring (bicyclic) bond motifs is 2. The number of carbonyl (C=O) groups excluding carboxylic acids is 3. The van der Waals surface area contributed by atoms with Gasteiger partial charge in [-0.25, -0.2) is 9.97 Å². The van der Waals surface area contributed by atoms with Crippen LogP contribution in [0.25, 0.3) is 0 Å². The zero-order valence-electron chi connectivity index (χ0n) is 30.8. The number of phenols is 1. The van der Waals surface area contributed by atoms with E-state index in [2.05, 4.69) is 57.2 Å². The Morgan fingerprint density at radius 2 is 1.50 bits per heavy atom. The number of ketones is 2. The van der Waals surface area contributed by atoms with Gasteiger partial charge in [0.05, 0.1) is 12.5 Å². The molecule has 4 heterocycles. The Kier molecular flexibility index (Phi) is 9.39. The van der Waals surface area contributed by atoms with Crippen LogP contribution in [-0.4, -0.2) is 94.2 Å². The van der Waals surface area contributed by atoms with Gasteiger partial charge < -0.3 is 19.8 Å². The van der Waals surface area contributed by atoms with Crippen LogP contribution in [-0.2, 0) is 22.6 Å². The van der Waals surface area contributed by atoms with Crippen molar-refractivity contribution in [3.8, 4) is 5.75 Å². The van der Waals surface area contributed by atoms with Crippen LogP contribution in [0, 0.1) is 5.92 Å². The first-order chi connectivity index (χ1) is 26.4. The molecule has 3 aliphatic heterocycles. The highest BCUT2D eigenvalue weighted by Crippen LogP contribution is 2.47. The van der Waals surface area contributed by atoms with Crippen LogP contribution in [0.4, 0.5) is 11.6 Å². The fourth-order valence-corrected chi connectivity index (χ4v) is 9.77. The molecule has 5 aliphatic rings. The summed E-state index contributed by atoms with van der Waals surface area (Å²) in [4.78, 5) is 56.4. The molecule has 4 aromatic rings. The van der Waals surface area contributed by atoms with Crippen molar-refractivity contribution in [1.82, 2.24) is 19.8 Å². The molecule has 1 N–H and O–H groups in total. The molecule has 0 radical (unpaired) electrons. The molecule has 3 atom stereocenters. The van der Waals surface area contributed by atoms with Crippen molar-refractivity contribution in [3.63, 3.8) is 0 Å². The van der Waals surface area contributed by atoms with E-state index in [1.165, 1.54) is 16.7 Å². The number of piperazine rings is 1. The van der Waals surface area contributed by atoms with Crippen LogP contribution in [0.5, 0.6) is 5.75 Å². The molecule has 10 heteroatoms. The van der Waals surface area contributed by atoms with Crippen molar-refractivity contribution in [2.75, 3.05) is 55.6 Å². The molecule has 54 heavy (non-hydrogen) atoms. The minimum Gasteiger partial charge on any atom is -0.508 e. The quantitative estimate of drug-likeness (QED) is 0.239. The average molecular weight is 725 g/mol. The van der Waals surface area contributed by atoms with E-state index in [4.69, 9.17) is 9.97 Å². The molecular weight excluding hydrogens is 677 g/mol. The van der Waals surface area contributed by atoms with Crippen molar-refractivity contribution in [2.24, 2.45) is 5.92 Å². The molecule has 2 aliphatic carbocycles. The predicted molar refractivity (Wildman–Crippen MR) is 207 cm³/mol. The van der Waals surface area contributed by atoms with Crippen molar-refractivity contribution in [2.45, 2.75) is 69.4 Å². The second-order valence-corrected chi connectivity index (χ2v) is 16.0. The molecule has 1 aromatic heterocycles. The van der Waals surface area contributed by atoms with Gasteiger partial charge in [0.1, 0.15) is 11.5 Å². The molecule has 1 saturated carbocycles. The topological polar surface area (TPSA) is 110 Å². The molecule has 2 saturated heterocycles. The number of benzene rings is 3. The third-order valence-electron chi connectivity index (χ3n) is 12.7. The maximum absolute atomic E-state index is 13.2. The smallest absolute Gasteiger partial charge is 0.255 e. The molecule has 278 valence electrons. The van der Waals surface area contributed by atoms with Gasteiger partial charge in [-0.15, -0.1) is 0 Å². The van der Waals surface area contributed by atoms with Gasteiger partial charge in [0, 0.05) is 88.3 Å². The summed E-state index contributed by atoms with van der Waals surface area (Å²) >= 11 is 0. The first-order valence-electron chi connectivity index (χ1n) is 19.8. The highest BCUT2D eigenvalue weighted by Gasteiger charge is 2.39. The number of aryl methyl sites for hydroxylation is 1. The van der Waals surface area contributed by atoms with E-state index in [0.29, 0.717) is 42.5 Å². The molecule has 1 amide bonds. The lowest BCUT2D eigenvalue weighted by molar-refractivity contribution is -0.133. The van der Waals surface area contributed by atoms with Gasteiger partial charge in [0.25, 0.3) is 5.91 Å². The SMILES string of the molecule is O=C1CCC(N2Cc3cc(N4CCN(CC5CCN(c6ncc([C@H]7c8ccc(O)cc8CC[C@H]7c7ccccc7)cn6)CC5)CC4)ccc3C2=O)C(=O)C1. The van der Waals surface area contributed by atoms with E-state index in [0.717, 1.165) is 94.3 Å². The number of phenolic OH excluding ortho intramolecular Hbond substituents is 1. The highest BCUT2D eigenvalue weighted by atomic mass is 16.3. The Hall–Kier alpha value is -5.09. The predicted octanol–water partition coefficient (Wildman–Crippen LogP) is 5.73. The Bertz CT molecular complexity index is 2040. The van der Waals surface area contributed by atoms with Crippen LogP contribution in [0.2, 0.25) is 0 Å². The highest BCUT2D eigenvalue weighted by molar-refractivity contribution is 6.07. The number of hydrogen-bond donors (Lipinski definition) is 1. The fourth-order valence-electron chi connectivity index (χ4n) is 9.77. The second kappa shape index (κ2) is 14.6. The Morgan fingerprint density at radius 3 is 2.26 bits per heavy atom. The summed E-state index contributed by atoms with van der Waals surface area (Å²) in [7, 11) is 0. The van der Waals surface area contributed by atoms with E-state index in [-0.39, 0.29) is 29.8 Å². The number of aromatic nitrogens is 2. The average Bonchev–Trinajstić information content (AvgIpc) is 3.53. The number of carbonyl (C=O) groups is 3. The second-order valence-electron chi connectivity index (χ2n) is 16.0. The molecule has 0 bridgehead atoms. The molecule has 9 rings (SSSR count). The number of rotatable bonds is 7. The van der Waals surface area contributed by atoms with Crippen molar-refractivity contribution in [3.05, 3.63) is 113 Å². The first kappa shape index (κ1) is 34.7. The Balaban J connectivity index is 0.780. The van der Waals surface area contributed by atoms with Crippen molar-refractivity contribution in [1.29, 1.82) is 0 Å². The zero-order valence-corrected chi connectivity index (χ0v) is 30.8. The van der Waals surface area contributed by atoms with Gasteiger partial charge in [-0.1, -0.05) is 36.4 Å². The largest absolute Gasteiger partial charge is 0.508 e. The van der Waals surface area contributed by atoms with Crippen LogP contribution in [0.3, 0.4) is 0 Å². The van der Waals surface area contributed by atoms with E-state index in [9.17, 15) is 19.5 Å². The van der Waals surface area contributed by atoms with E-state index >= 15 is 0 Å². The third kappa shape index (κ3) is 6.76. The van der Waals surface area contributed by atoms with Gasteiger partial charge in [-0.3, -0.25) is 19.3 Å². The lowest BCUT2D eigenvalue weighted by Gasteiger charge is -2.39. The Labute approximate surface area is 316 Å². The summed E-state index contributed by atoms with van der Waals surface area (Å²) in [6.45, 7) is 7.34. The summed E-state index contributed by atoms with van der Waals surface area (Å²) in [5.41, 5.74) is 7.72. The third-order valence-corrected chi connectivity index (χ3v) is 12.7. The molecule has 3 fully saturated rings. The lowest BCUT2D eigenvalue weighted by atomic mass is 9.70. The summed E-state index contributed by atoms with van der Waals surface area (Å²) in [6.07, 6.45) is 9.02. The van der Waals surface area contributed by atoms with Crippen LogP contribution in [0.1, 0.15) is 88.5 Å². The lowest BCUT2D eigenvalue weighted by Crippen LogP contribution is -2.49. The summed E-state index contributed by atoms with van der Waals surface area (Å²) < 4.78 is 0. The number of piperidine rings is 1. The minimum absolute atomic E-state index is 0.0217. The van der Waals surface area contributed by atoms with Crippen molar-refractivity contribution < 1.29 is 19.5 Å². The minimum atomic E-state index is -0.481. The van der Waals surface area contributed by atoms with Crippen molar-refractivity contribution >= 4 is 29.1 Å². The number of nitrogens with zero attached hydrogens (tertiary/aromatic N) is 6. The molecule has 3 aromatic carbocycles. The number of aromatic hydroxyl groups is 1. The van der Waals surface area contributed by atoms with Crippen LogP contribution in [0.15, 0.2) is 79.1 Å². The summed E-state index contributed by atoms with van der Waals surface area (Å²) in [5.74, 6) is 2.00. The van der Waals surface area contributed by atoms with Gasteiger partial charge in [-0.05, 0) is 102 Å². The van der Waals surface area contributed by atoms with Crippen LogP contribution < -0.4 is 9.80 Å². The summed E-state index contributed by atoms with van der Waals surface area (Å²) in [6, 6.07) is 22.2. The molecule has 0 spiro atoms. The monoisotopic (exact) mass is 724 g/mol. The number of anilines is 2. The number of amides is 1. The molecule has 1 unspecified atom stereocenters. The van der Waals surface area contributed by atoms with Gasteiger partial charge in [0.2, 0.25) is 5.95 Å². The van der Waals surface area contributed by atoms with E-state index in [1.807, 2.05) is 30.6 Å². The van der Waals surface area contributed by atoms with Crippen LogP contribution >= 0.6 is 0 Å². The number of hydrogen-bond acceptors (Lipinski definition) is 9. The van der Waals surface area contributed by atoms with E-state index < -0.39 is 6.04 Å². The molecule has 10 nitrogen and oxygen atoms in total. The normalized spacial score (nSPS) is 23.8. The summed E-state index contributed by atoms with van der Waals surface area (Å²) in [5, 5.41) is 10.2. The maximum Gasteiger partial charge on any atom is 0.255 e. The Morgan fingerprint density at radius 1 is 0.722 bits per heavy atom. The van der Waals surface area contributed by atoms with E-state index in [1.54, 1.807) is 11.0 Å². The number of Topliss-reactive ketones (excluding diaryl/α,β-unsaturated/α-hetero) is 2.